The molecule has 0 saturated carbocycles. The molecule has 1 atom stereocenters. The highest BCUT2D eigenvalue weighted by atomic mass is 19.1. The summed E-state index contributed by atoms with van der Waals surface area (Å²) >= 11 is 0. The number of rotatable bonds is 9. The Hall–Kier alpha value is -2.89. The second-order valence-electron chi connectivity index (χ2n) is 6.11. The third-order valence-corrected chi connectivity index (χ3v) is 4.19. The number of nitrogens with zero attached hydrogens (tertiary/aromatic N) is 1. The summed E-state index contributed by atoms with van der Waals surface area (Å²) < 4.78 is 19.0. The number of halogens is 1. The molecule has 0 fully saturated rings. The van der Waals surface area contributed by atoms with Crippen molar-refractivity contribution in [2.45, 2.75) is 26.3 Å². The molecule has 0 aliphatic rings. The van der Waals surface area contributed by atoms with E-state index in [0.29, 0.717) is 19.5 Å². The molecule has 0 aromatic heterocycles. The van der Waals surface area contributed by atoms with Crippen LogP contribution in [0.5, 0.6) is 5.75 Å². The second kappa shape index (κ2) is 10.3. The number of benzene rings is 2. The molecule has 0 spiro atoms. The number of carbonyl (C=O) groups is 2. The van der Waals surface area contributed by atoms with Crippen LogP contribution in [-0.2, 0) is 16.0 Å². The Morgan fingerprint density at radius 1 is 1.11 bits per heavy atom. The van der Waals surface area contributed by atoms with Crippen molar-refractivity contribution in [2.75, 3.05) is 19.7 Å². The summed E-state index contributed by atoms with van der Waals surface area (Å²) in [6, 6.07) is 15.0. The zero-order valence-corrected chi connectivity index (χ0v) is 15.7. The molecule has 0 unspecified atom stereocenters. The van der Waals surface area contributed by atoms with Crippen molar-refractivity contribution in [3.63, 3.8) is 0 Å². The van der Waals surface area contributed by atoms with Gasteiger partial charge in [-0.2, -0.15) is 0 Å². The largest absolute Gasteiger partial charge is 0.481 e. The van der Waals surface area contributed by atoms with Crippen molar-refractivity contribution in [2.24, 2.45) is 0 Å². The van der Waals surface area contributed by atoms with Gasteiger partial charge in [-0.15, -0.1) is 0 Å². The predicted octanol–water partition coefficient (Wildman–Crippen LogP) is 2.80. The van der Waals surface area contributed by atoms with Crippen LogP contribution in [0.2, 0.25) is 0 Å². The zero-order chi connectivity index (χ0) is 19.6. The fourth-order valence-corrected chi connectivity index (χ4v) is 2.68. The number of hydrogen-bond donors (Lipinski definition) is 1. The van der Waals surface area contributed by atoms with Crippen LogP contribution in [0.3, 0.4) is 0 Å². The minimum absolute atomic E-state index is 0.0134. The van der Waals surface area contributed by atoms with E-state index >= 15 is 0 Å². The van der Waals surface area contributed by atoms with Gasteiger partial charge in [-0.3, -0.25) is 9.59 Å². The molecule has 1 N–H and O–H groups in total. The average molecular weight is 372 g/mol. The highest BCUT2D eigenvalue weighted by Crippen LogP contribution is 2.16. The lowest BCUT2D eigenvalue weighted by Gasteiger charge is -2.28. The number of likely N-dealkylation sites (N-methyl/N-ethyl adjacent to an activating group) is 1. The second-order valence-corrected chi connectivity index (χ2v) is 6.11. The predicted molar refractivity (Wildman–Crippen MR) is 102 cm³/mol. The van der Waals surface area contributed by atoms with E-state index in [4.69, 9.17) is 4.74 Å². The van der Waals surface area contributed by atoms with Crippen molar-refractivity contribution in [3.05, 3.63) is 66.0 Å². The van der Waals surface area contributed by atoms with Crippen molar-refractivity contribution >= 4 is 11.8 Å². The highest BCUT2D eigenvalue weighted by molar-refractivity contribution is 5.87. The van der Waals surface area contributed by atoms with Crippen molar-refractivity contribution in [1.82, 2.24) is 10.2 Å². The Bertz CT molecular complexity index is 752. The fraction of sp³-hybridized carbons (Fsp3) is 0.333. The number of hydrogen-bond acceptors (Lipinski definition) is 3. The Morgan fingerprint density at radius 2 is 1.78 bits per heavy atom. The summed E-state index contributed by atoms with van der Waals surface area (Å²) in [7, 11) is 0. The molecule has 0 aliphatic heterocycles. The number of para-hydroxylation sites is 1. The maximum Gasteiger partial charge on any atom is 0.261 e. The molecule has 2 aromatic rings. The number of nitrogens with one attached hydrogen (secondary N) is 1. The summed E-state index contributed by atoms with van der Waals surface area (Å²) in [5.74, 6) is -1.12. The van der Waals surface area contributed by atoms with Crippen molar-refractivity contribution < 1.29 is 18.7 Å². The van der Waals surface area contributed by atoms with Gasteiger partial charge in [-0.05, 0) is 38.0 Å². The van der Waals surface area contributed by atoms with Gasteiger partial charge in [0.2, 0.25) is 5.91 Å². The normalized spacial score (nSPS) is 11.5. The van der Waals surface area contributed by atoms with Gasteiger partial charge in [0.1, 0.15) is 6.04 Å². The van der Waals surface area contributed by atoms with E-state index in [1.165, 1.54) is 17.0 Å². The maximum atomic E-state index is 13.7. The first-order valence-corrected chi connectivity index (χ1v) is 9.01. The lowest BCUT2D eigenvalue weighted by atomic mass is 10.1. The van der Waals surface area contributed by atoms with Gasteiger partial charge in [0.15, 0.2) is 18.2 Å². The Morgan fingerprint density at radius 3 is 2.44 bits per heavy atom. The van der Waals surface area contributed by atoms with Crippen LogP contribution in [0, 0.1) is 5.82 Å². The molecule has 0 heterocycles. The Kier molecular flexibility index (Phi) is 7.79. The topological polar surface area (TPSA) is 58.6 Å². The lowest BCUT2D eigenvalue weighted by Crippen LogP contribution is -2.50. The summed E-state index contributed by atoms with van der Waals surface area (Å²) in [6.07, 6.45) is 0.607. The standard InChI is InChI=1S/C21H25FN2O3/c1-3-23-21(26)16(2)24(14-13-17-9-5-4-6-10-17)20(25)15-27-19-12-8-7-11-18(19)22/h4-12,16H,3,13-15H2,1-2H3,(H,23,26)/t16-/m1/s1. The minimum atomic E-state index is -0.648. The van der Waals surface area contributed by atoms with E-state index in [-0.39, 0.29) is 24.2 Å². The molecule has 2 amide bonds. The first kappa shape index (κ1) is 20.4. The third-order valence-electron chi connectivity index (χ3n) is 4.19. The number of ether oxygens (including phenoxy) is 1. The molecule has 6 heteroatoms. The van der Waals surface area contributed by atoms with Crippen LogP contribution in [0.1, 0.15) is 19.4 Å². The van der Waals surface area contributed by atoms with Gasteiger partial charge in [-0.25, -0.2) is 4.39 Å². The molecule has 0 radical (unpaired) electrons. The molecule has 2 rings (SSSR count). The van der Waals surface area contributed by atoms with Gasteiger partial charge >= 0.3 is 0 Å². The molecule has 0 aliphatic carbocycles. The summed E-state index contributed by atoms with van der Waals surface area (Å²) in [5, 5.41) is 2.73. The first-order valence-electron chi connectivity index (χ1n) is 9.01. The van der Waals surface area contributed by atoms with Crippen LogP contribution in [0.15, 0.2) is 54.6 Å². The van der Waals surface area contributed by atoms with Gasteiger partial charge in [0.25, 0.3) is 5.91 Å². The van der Waals surface area contributed by atoms with Gasteiger partial charge < -0.3 is 15.0 Å². The van der Waals surface area contributed by atoms with Crippen LogP contribution >= 0.6 is 0 Å². The monoisotopic (exact) mass is 372 g/mol. The van der Waals surface area contributed by atoms with Crippen molar-refractivity contribution in [1.29, 1.82) is 0 Å². The molecule has 144 valence electrons. The summed E-state index contributed by atoms with van der Waals surface area (Å²) in [4.78, 5) is 26.4. The lowest BCUT2D eigenvalue weighted by molar-refractivity contribution is -0.141. The number of carbonyl (C=O) groups excluding carboxylic acids is 2. The Balaban J connectivity index is 2.06. The quantitative estimate of drug-likeness (QED) is 0.736. The molecule has 0 bridgehead atoms. The molecule has 5 nitrogen and oxygen atoms in total. The number of amides is 2. The zero-order valence-electron chi connectivity index (χ0n) is 15.7. The fourth-order valence-electron chi connectivity index (χ4n) is 2.68. The van der Waals surface area contributed by atoms with Crippen LogP contribution < -0.4 is 10.1 Å². The van der Waals surface area contributed by atoms with E-state index in [0.717, 1.165) is 5.56 Å². The first-order chi connectivity index (χ1) is 13.0. The van der Waals surface area contributed by atoms with Crippen LogP contribution in [0.4, 0.5) is 4.39 Å². The molecular formula is C21H25FN2O3. The molecule has 27 heavy (non-hydrogen) atoms. The molecule has 0 saturated heterocycles. The average Bonchev–Trinajstić information content (AvgIpc) is 2.68. The maximum absolute atomic E-state index is 13.7. The summed E-state index contributed by atoms with van der Waals surface area (Å²) in [6.45, 7) is 4.01. The van der Waals surface area contributed by atoms with E-state index in [9.17, 15) is 14.0 Å². The van der Waals surface area contributed by atoms with E-state index in [1.807, 2.05) is 37.3 Å². The van der Waals surface area contributed by atoms with Crippen LogP contribution in [-0.4, -0.2) is 42.5 Å². The van der Waals surface area contributed by atoms with E-state index in [1.54, 1.807) is 19.1 Å². The van der Waals surface area contributed by atoms with Gasteiger partial charge in [-0.1, -0.05) is 42.5 Å². The SMILES string of the molecule is CCNC(=O)[C@@H](C)N(CCc1ccccc1)C(=O)COc1ccccc1F. The smallest absolute Gasteiger partial charge is 0.261 e. The van der Waals surface area contributed by atoms with Gasteiger partial charge in [0, 0.05) is 13.1 Å². The summed E-state index contributed by atoms with van der Waals surface area (Å²) in [5.41, 5.74) is 1.06. The third kappa shape index (κ3) is 6.09. The van der Waals surface area contributed by atoms with E-state index in [2.05, 4.69) is 5.32 Å². The van der Waals surface area contributed by atoms with Crippen molar-refractivity contribution in [3.8, 4) is 5.75 Å². The molecular weight excluding hydrogens is 347 g/mol. The van der Waals surface area contributed by atoms with E-state index < -0.39 is 11.9 Å². The van der Waals surface area contributed by atoms with Crippen LogP contribution in [0.25, 0.3) is 0 Å². The van der Waals surface area contributed by atoms with Gasteiger partial charge in [0.05, 0.1) is 0 Å². The highest BCUT2D eigenvalue weighted by Gasteiger charge is 2.25. The minimum Gasteiger partial charge on any atom is -0.481 e. The molecule has 2 aromatic carbocycles. The Labute approximate surface area is 159 Å².